The van der Waals surface area contributed by atoms with Gasteiger partial charge in [-0.05, 0) is 36.4 Å². The number of rotatable bonds is 5. The Morgan fingerprint density at radius 2 is 1.88 bits per heavy atom. The zero-order valence-corrected chi connectivity index (χ0v) is 15.5. The Kier molecular flexibility index (Phi) is 4.53. The van der Waals surface area contributed by atoms with Crippen LogP contribution in [-0.4, -0.2) is 22.4 Å². The fourth-order valence-electron chi connectivity index (χ4n) is 3.19. The van der Waals surface area contributed by atoms with Crippen LogP contribution in [0.3, 0.4) is 0 Å². The van der Waals surface area contributed by atoms with Gasteiger partial charge in [0.05, 0.1) is 17.4 Å². The lowest BCUT2D eigenvalue weighted by molar-refractivity contribution is -0.576. The number of aliphatic hydroxyl groups excluding tert-OH is 1. The average Bonchev–Trinajstić information content (AvgIpc) is 2.95. The van der Waals surface area contributed by atoms with E-state index < -0.39 is 6.10 Å². The summed E-state index contributed by atoms with van der Waals surface area (Å²) in [5, 5.41) is 23.6. The Morgan fingerprint density at radius 1 is 1.08 bits per heavy atom. The highest BCUT2D eigenvalue weighted by Gasteiger charge is 2.19. The molecule has 2 aromatic heterocycles. The van der Waals surface area contributed by atoms with Gasteiger partial charge < -0.3 is 19.6 Å². The quantitative estimate of drug-likeness (QED) is 0.402. The van der Waals surface area contributed by atoms with E-state index in [0.29, 0.717) is 12.1 Å². The van der Waals surface area contributed by atoms with Crippen LogP contribution in [0, 0.1) is 5.21 Å². The van der Waals surface area contributed by atoms with E-state index in [4.69, 9.17) is 4.74 Å². The lowest BCUT2D eigenvalue weighted by Crippen LogP contribution is -2.26. The number of fused-ring (bicyclic) bond motifs is 3. The largest absolute Gasteiger partial charge is 0.618 e. The number of para-hydroxylation sites is 1. The summed E-state index contributed by atoms with van der Waals surface area (Å²) >= 11 is 3.46. The van der Waals surface area contributed by atoms with Crippen molar-refractivity contribution in [2.45, 2.75) is 12.6 Å². The fourth-order valence-corrected chi connectivity index (χ4v) is 3.55. The molecule has 0 spiro atoms. The second kappa shape index (κ2) is 6.97. The molecule has 0 saturated carbocycles. The summed E-state index contributed by atoms with van der Waals surface area (Å²) in [6, 6.07) is 18.8. The molecule has 5 nitrogen and oxygen atoms in total. The maximum absolute atomic E-state index is 12.3. The summed E-state index contributed by atoms with van der Waals surface area (Å²) < 4.78 is 9.38. The van der Waals surface area contributed by atoms with Gasteiger partial charge in [-0.2, -0.15) is 4.73 Å². The molecule has 0 aliphatic rings. The maximum Gasteiger partial charge on any atom is 0.249 e. The second-order valence-electron chi connectivity index (χ2n) is 6.12. The van der Waals surface area contributed by atoms with Crippen LogP contribution in [0.5, 0.6) is 5.75 Å². The van der Waals surface area contributed by atoms with Crippen LogP contribution in [0.2, 0.25) is 0 Å². The van der Waals surface area contributed by atoms with Gasteiger partial charge in [0.15, 0.2) is 6.20 Å². The van der Waals surface area contributed by atoms with E-state index in [0.717, 1.165) is 31.4 Å². The molecular formula is C20H17BrN2O3. The van der Waals surface area contributed by atoms with Crippen LogP contribution in [0.25, 0.3) is 21.9 Å². The van der Waals surface area contributed by atoms with Crippen molar-refractivity contribution in [2.24, 2.45) is 0 Å². The maximum atomic E-state index is 12.3. The molecule has 0 aliphatic carbocycles. The molecule has 0 fully saturated rings. The molecule has 4 rings (SSSR count). The van der Waals surface area contributed by atoms with E-state index >= 15 is 0 Å². The van der Waals surface area contributed by atoms with Crippen LogP contribution < -0.4 is 9.47 Å². The SMILES string of the molecule is [O-][n+]1cccc2c1c1cc(Br)ccc1n2CC(O)COc1ccccc1. The Labute approximate surface area is 158 Å². The first-order chi connectivity index (χ1) is 12.6. The van der Waals surface area contributed by atoms with Gasteiger partial charge in [-0.25, -0.2) is 0 Å². The molecule has 2 heterocycles. The summed E-state index contributed by atoms with van der Waals surface area (Å²) in [7, 11) is 0. The molecule has 6 heteroatoms. The molecule has 0 radical (unpaired) electrons. The van der Waals surface area contributed by atoms with Crippen molar-refractivity contribution < 1.29 is 14.6 Å². The van der Waals surface area contributed by atoms with Crippen molar-refractivity contribution >= 4 is 37.9 Å². The molecule has 0 saturated heterocycles. The number of halogens is 1. The molecular weight excluding hydrogens is 396 g/mol. The van der Waals surface area contributed by atoms with E-state index in [1.54, 1.807) is 6.07 Å². The summed E-state index contributed by atoms with van der Waals surface area (Å²) in [5.74, 6) is 0.718. The van der Waals surface area contributed by atoms with Gasteiger partial charge in [-0.1, -0.05) is 34.1 Å². The van der Waals surface area contributed by atoms with Crippen LogP contribution >= 0.6 is 15.9 Å². The van der Waals surface area contributed by atoms with Crippen molar-refractivity contribution in [3.05, 3.63) is 76.5 Å². The molecule has 26 heavy (non-hydrogen) atoms. The fraction of sp³-hybridized carbons (Fsp3) is 0.150. The Balaban J connectivity index is 1.68. The molecule has 4 aromatic rings. The summed E-state index contributed by atoms with van der Waals surface area (Å²) in [6.45, 7) is 0.504. The first kappa shape index (κ1) is 16.9. The van der Waals surface area contributed by atoms with Gasteiger partial charge >= 0.3 is 0 Å². The number of nitrogens with zero attached hydrogens (tertiary/aromatic N) is 2. The summed E-state index contributed by atoms with van der Waals surface area (Å²) in [4.78, 5) is 0. The number of pyridine rings is 1. The molecule has 1 atom stereocenters. The monoisotopic (exact) mass is 412 g/mol. The molecule has 132 valence electrons. The van der Waals surface area contributed by atoms with E-state index in [1.807, 2.05) is 59.2 Å². The van der Waals surface area contributed by atoms with Gasteiger partial charge in [0.2, 0.25) is 5.52 Å². The minimum Gasteiger partial charge on any atom is -0.618 e. The van der Waals surface area contributed by atoms with Gasteiger partial charge in [0, 0.05) is 10.5 Å². The zero-order valence-electron chi connectivity index (χ0n) is 13.9. The lowest BCUT2D eigenvalue weighted by atomic mass is 10.2. The van der Waals surface area contributed by atoms with Gasteiger partial charge in [0.1, 0.15) is 24.0 Å². The van der Waals surface area contributed by atoms with Crippen molar-refractivity contribution in [3.8, 4) is 5.75 Å². The Bertz CT molecular complexity index is 1060. The molecule has 2 aromatic carbocycles. The molecule has 0 aliphatic heterocycles. The van der Waals surface area contributed by atoms with Gasteiger partial charge in [-0.15, -0.1) is 0 Å². The minimum atomic E-state index is -0.710. The second-order valence-corrected chi connectivity index (χ2v) is 7.03. The van der Waals surface area contributed by atoms with E-state index in [9.17, 15) is 10.3 Å². The third kappa shape index (κ3) is 3.13. The van der Waals surface area contributed by atoms with E-state index in [2.05, 4.69) is 15.9 Å². The number of aliphatic hydroxyl groups is 1. The third-order valence-electron chi connectivity index (χ3n) is 4.31. The Hall–Kier alpha value is -2.57. The number of aromatic nitrogens is 2. The predicted molar refractivity (Wildman–Crippen MR) is 104 cm³/mol. The lowest BCUT2D eigenvalue weighted by Gasteiger charge is -2.14. The van der Waals surface area contributed by atoms with E-state index in [1.165, 1.54) is 6.20 Å². The highest BCUT2D eigenvalue weighted by atomic mass is 79.9. The summed E-state index contributed by atoms with van der Waals surface area (Å²) in [6.07, 6.45) is 0.778. The highest BCUT2D eigenvalue weighted by Crippen LogP contribution is 2.29. The van der Waals surface area contributed by atoms with Crippen molar-refractivity contribution in [1.29, 1.82) is 0 Å². The van der Waals surface area contributed by atoms with Gasteiger partial charge in [-0.3, -0.25) is 0 Å². The van der Waals surface area contributed by atoms with Gasteiger partial charge in [0.25, 0.3) is 0 Å². The van der Waals surface area contributed by atoms with Crippen molar-refractivity contribution in [3.63, 3.8) is 0 Å². The topological polar surface area (TPSA) is 61.3 Å². The zero-order chi connectivity index (χ0) is 18.1. The van der Waals surface area contributed by atoms with Crippen molar-refractivity contribution in [1.82, 2.24) is 4.57 Å². The van der Waals surface area contributed by atoms with Crippen LogP contribution in [0.4, 0.5) is 0 Å². The molecule has 0 amide bonds. The molecule has 0 bridgehead atoms. The third-order valence-corrected chi connectivity index (χ3v) is 4.81. The number of benzene rings is 2. The predicted octanol–water partition coefficient (Wildman–Crippen LogP) is 3.63. The normalized spacial score (nSPS) is 12.5. The van der Waals surface area contributed by atoms with Crippen molar-refractivity contribution in [2.75, 3.05) is 6.61 Å². The van der Waals surface area contributed by atoms with Crippen LogP contribution in [0.15, 0.2) is 71.3 Å². The molecule has 1 unspecified atom stereocenters. The number of hydrogen-bond donors (Lipinski definition) is 1. The first-order valence-electron chi connectivity index (χ1n) is 8.29. The number of ether oxygens (including phenoxy) is 1. The standard InChI is InChI=1S/C20H17BrN2O3/c21-14-8-9-18-17(11-14)20-19(7-4-10-23(20)25)22(18)12-15(24)13-26-16-5-2-1-3-6-16/h1-11,15,24H,12-13H2. The average molecular weight is 413 g/mol. The highest BCUT2D eigenvalue weighted by molar-refractivity contribution is 9.10. The molecule has 1 N–H and O–H groups in total. The number of hydrogen-bond acceptors (Lipinski definition) is 3. The van der Waals surface area contributed by atoms with E-state index in [-0.39, 0.29) is 6.61 Å². The smallest absolute Gasteiger partial charge is 0.249 e. The Morgan fingerprint density at radius 3 is 2.69 bits per heavy atom. The minimum absolute atomic E-state index is 0.173. The summed E-state index contributed by atoms with van der Waals surface area (Å²) in [5.41, 5.74) is 2.28. The van der Waals surface area contributed by atoms with Crippen LogP contribution in [0.1, 0.15) is 0 Å². The first-order valence-corrected chi connectivity index (χ1v) is 9.08. The van der Waals surface area contributed by atoms with Crippen LogP contribution in [-0.2, 0) is 6.54 Å².